The minimum absolute atomic E-state index is 0.0759. The monoisotopic (exact) mass is 410 g/mol. The molecule has 142 valence electrons. The lowest BCUT2D eigenvalue weighted by molar-refractivity contribution is -0.383. The SMILES string of the molecule is Cc1cc(C)nc(SCC(=O)OCC(=O)Nc2cc(Cl)ccc2[N+](=O)[O-])n1. The number of rotatable bonds is 7. The van der Waals surface area contributed by atoms with Crippen LogP contribution in [0.3, 0.4) is 0 Å². The van der Waals surface area contributed by atoms with Crippen LogP contribution in [0.4, 0.5) is 11.4 Å². The van der Waals surface area contributed by atoms with Crippen LogP contribution in [0, 0.1) is 24.0 Å². The van der Waals surface area contributed by atoms with Crippen LogP contribution in [0.5, 0.6) is 0 Å². The molecule has 0 unspecified atom stereocenters. The minimum atomic E-state index is -0.721. The third kappa shape index (κ3) is 6.50. The number of nitro benzene ring substituents is 1. The van der Waals surface area contributed by atoms with Crippen molar-refractivity contribution in [2.24, 2.45) is 0 Å². The van der Waals surface area contributed by atoms with Crippen molar-refractivity contribution in [1.82, 2.24) is 9.97 Å². The molecule has 2 aromatic rings. The van der Waals surface area contributed by atoms with Gasteiger partial charge >= 0.3 is 5.97 Å². The Kier molecular flexibility index (Phi) is 7.08. The Morgan fingerprint density at radius 1 is 1.26 bits per heavy atom. The van der Waals surface area contributed by atoms with Gasteiger partial charge in [-0.2, -0.15) is 0 Å². The number of hydrogen-bond acceptors (Lipinski definition) is 8. The smallest absolute Gasteiger partial charge is 0.316 e. The average Bonchev–Trinajstić information content (AvgIpc) is 2.57. The number of nitrogens with zero attached hydrogens (tertiary/aromatic N) is 3. The van der Waals surface area contributed by atoms with Crippen LogP contribution in [0.15, 0.2) is 29.4 Å². The topological polar surface area (TPSA) is 124 Å². The highest BCUT2D eigenvalue weighted by Gasteiger charge is 2.17. The van der Waals surface area contributed by atoms with Crippen LogP contribution < -0.4 is 5.32 Å². The van der Waals surface area contributed by atoms with E-state index < -0.39 is 23.4 Å². The molecule has 11 heteroatoms. The van der Waals surface area contributed by atoms with Crippen molar-refractivity contribution in [1.29, 1.82) is 0 Å². The molecule has 1 aromatic heterocycles. The number of anilines is 1. The first-order valence-corrected chi connectivity index (χ1v) is 8.95. The van der Waals surface area contributed by atoms with Crippen molar-refractivity contribution < 1.29 is 19.2 Å². The summed E-state index contributed by atoms with van der Waals surface area (Å²) in [5, 5.41) is 13.9. The molecule has 1 aromatic carbocycles. The molecule has 2 rings (SSSR count). The Morgan fingerprint density at radius 2 is 1.93 bits per heavy atom. The fourth-order valence-corrected chi connectivity index (χ4v) is 2.94. The maximum Gasteiger partial charge on any atom is 0.316 e. The van der Waals surface area contributed by atoms with Crippen molar-refractivity contribution in [3.63, 3.8) is 0 Å². The predicted molar refractivity (Wildman–Crippen MR) is 99.9 cm³/mol. The Balaban J connectivity index is 1.86. The molecule has 1 heterocycles. The van der Waals surface area contributed by atoms with Crippen LogP contribution in [-0.2, 0) is 14.3 Å². The van der Waals surface area contributed by atoms with Crippen molar-refractivity contribution in [2.75, 3.05) is 17.7 Å². The largest absolute Gasteiger partial charge is 0.455 e. The summed E-state index contributed by atoms with van der Waals surface area (Å²) >= 11 is 6.87. The number of amides is 1. The lowest BCUT2D eigenvalue weighted by Crippen LogP contribution is -2.22. The number of nitro groups is 1. The first kappa shape index (κ1) is 20.6. The standard InChI is InChI=1S/C16H15ClN4O5S/c1-9-5-10(2)19-16(18-9)27-8-15(23)26-7-14(22)20-12-6-11(17)3-4-13(12)21(24)25/h3-6H,7-8H2,1-2H3,(H,20,22). The summed E-state index contributed by atoms with van der Waals surface area (Å²) in [4.78, 5) is 42.3. The van der Waals surface area contributed by atoms with Gasteiger partial charge in [-0.05, 0) is 32.0 Å². The molecule has 0 atom stereocenters. The third-order valence-corrected chi connectivity index (χ3v) is 4.13. The average molecular weight is 411 g/mol. The van der Waals surface area contributed by atoms with E-state index in [9.17, 15) is 19.7 Å². The highest BCUT2D eigenvalue weighted by Crippen LogP contribution is 2.27. The summed E-state index contributed by atoms with van der Waals surface area (Å²) in [6, 6.07) is 5.56. The second kappa shape index (κ2) is 9.28. The fraction of sp³-hybridized carbons (Fsp3) is 0.250. The highest BCUT2D eigenvalue weighted by atomic mass is 35.5. The van der Waals surface area contributed by atoms with Crippen molar-refractivity contribution >= 4 is 46.6 Å². The van der Waals surface area contributed by atoms with Crippen molar-refractivity contribution in [2.45, 2.75) is 19.0 Å². The molecule has 0 bridgehead atoms. The summed E-state index contributed by atoms with van der Waals surface area (Å²) in [6.07, 6.45) is 0. The van der Waals surface area contributed by atoms with E-state index in [2.05, 4.69) is 15.3 Å². The number of thioether (sulfide) groups is 1. The third-order valence-electron chi connectivity index (χ3n) is 3.07. The molecule has 1 amide bonds. The van der Waals surface area contributed by atoms with E-state index in [1.54, 1.807) is 0 Å². The van der Waals surface area contributed by atoms with E-state index >= 15 is 0 Å². The van der Waals surface area contributed by atoms with Gasteiger partial charge in [-0.25, -0.2) is 9.97 Å². The van der Waals surface area contributed by atoms with Gasteiger partial charge in [0.05, 0.1) is 10.7 Å². The second-order valence-electron chi connectivity index (χ2n) is 5.35. The number of ether oxygens (including phenoxy) is 1. The minimum Gasteiger partial charge on any atom is -0.455 e. The lowest BCUT2D eigenvalue weighted by Gasteiger charge is -2.07. The van der Waals surface area contributed by atoms with Gasteiger partial charge in [0.15, 0.2) is 11.8 Å². The maximum absolute atomic E-state index is 11.9. The Hall–Kier alpha value is -2.72. The van der Waals surface area contributed by atoms with Crippen LogP contribution in [0.2, 0.25) is 5.02 Å². The van der Waals surface area contributed by atoms with Gasteiger partial charge in [0.25, 0.3) is 11.6 Å². The van der Waals surface area contributed by atoms with Crippen LogP contribution >= 0.6 is 23.4 Å². The molecule has 0 aliphatic heterocycles. The molecule has 0 fully saturated rings. The number of halogens is 1. The summed E-state index contributed by atoms with van der Waals surface area (Å²) in [6.45, 7) is 3.05. The number of nitrogens with one attached hydrogen (secondary N) is 1. The second-order valence-corrected chi connectivity index (χ2v) is 6.73. The van der Waals surface area contributed by atoms with E-state index in [0.717, 1.165) is 23.1 Å². The number of aromatic nitrogens is 2. The van der Waals surface area contributed by atoms with Gasteiger partial charge in [-0.3, -0.25) is 19.7 Å². The van der Waals surface area contributed by atoms with Crippen molar-refractivity contribution in [3.8, 4) is 0 Å². The fourth-order valence-electron chi connectivity index (χ4n) is 2.02. The van der Waals surface area contributed by atoms with Crippen LogP contribution in [0.25, 0.3) is 0 Å². The number of esters is 1. The van der Waals surface area contributed by atoms with Gasteiger partial charge in [-0.15, -0.1) is 0 Å². The summed E-state index contributed by atoms with van der Waals surface area (Å²) < 4.78 is 4.86. The molecule has 0 radical (unpaired) electrons. The summed E-state index contributed by atoms with van der Waals surface area (Å²) in [7, 11) is 0. The van der Waals surface area contributed by atoms with Gasteiger partial charge in [-0.1, -0.05) is 23.4 Å². The number of aryl methyl sites for hydroxylation is 2. The van der Waals surface area contributed by atoms with Gasteiger partial charge in [0, 0.05) is 22.5 Å². The van der Waals surface area contributed by atoms with Gasteiger partial charge < -0.3 is 10.1 Å². The normalized spacial score (nSPS) is 10.3. The molecule has 0 saturated carbocycles. The molecule has 0 saturated heterocycles. The zero-order valence-corrected chi connectivity index (χ0v) is 16.0. The molecule has 9 nitrogen and oxygen atoms in total. The van der Waals surface area contributed by atoms with E-state index in [1.807, 2.05) is 19.9 Å². The molecule has 0 spiro atoms. The first-order chi connectivity index (χ1) is 12.7. The van der Waals surface area contributed by atoms with Crippen LogP contribution in [-0.4, -0.2) is 39.1 Å². The quantitative estimate of drug-likeness (QED) is 0.243. The van der Waals surface area contributed by atoms with Crippen LogP contribution in [0.1, 0.15) is 11.4 Å². The van der Waals surface area contributed by atoms with E-state index in [-0.39, 0.29) is 22.2 Å². The zero-order valence-electron chi connectivity index (χ0n) is 14.4. The summed E-state index contributed by atoms with van der Waals surface area (Å²) in [5.41, 5.74) is 1.16. The number of carbonyl (C=O) groups is 2. The Morgan fingerprint density at radius 3 is 2.56 bits per heavy atom. The molecular formula is C16H15ClN4O5S. The molecular weight excluding hydrogens is 396 g/mol. The number of hydrogen-bond donors (Lipinski definition) is 1. The maximum atomic E-state index is 11.9. The molecule has 1 N–H and O–H groups in total. The van der Waals surface area contributed by atoms with Gasteiger partial charge in [0.2, 0.25) is 0 Å². The van der Waals surface area contributed by atoms with E-state index in [4.69, 9.17) is 16.3 Å². The Bertz CT molecular complexity index is 873. The molecule has 0 aliphatic carbocycles. The molecule has 0 aliphatic rings. The summed E-state index contributed by atoms with van der Waals surface area (Å²) in [5.74, 6) is -1.44. The number of benzene rings is 1. The highest BCUT2D eigenvalue weighted by molar-refractivity contribution is 7.99. The van der Waals surface area contributed by atoms with E-state index in [1.165, 1.54) is 18.2 Å². The van der Waals surface area contributed by atoms with Gasteiger partial charge in [0.1, 0.15) is 5.69 Å². The predicted octanol–water partition coefficient (Wildman–Crippen LogP) is 2.93. The van der Waals surface area contributed by atoms with Crippen molar-refractivity contribution in [3.05, 3.63) is 50.8 Å². The zero-order chi connectivity index (χ0) is 20.0. The lowest BCUT2D eigenvalue weighted by atomic mass is 10.2. The number of carbonyl (C=O) groups excluding carboxylic acids is 2. The first-order valence-electron chi connectivity index (χ1n) is 7.59. The van der Waals surface area contributed by atoms with E-state index in [0.29, 0.717) is 5.16 Å². The molecule has 27 heavy (non-hydrogen) atoms. The Labute approximate surface area is 163 Å².